The molecule has 0 unspecified atom stereocenters. The molecule has 0 atom stereocenters. The quantitative estimate of drug-likeness (QED) is 0.607. The summed E-state index contributed by atoms with van der Waals surface area (Å²) in [4.78, 5) is 19.1. The van der Waals surface area contributed by atoms with Crippen LogP contribution in [0, 0.1) is 0 Å². The second-order valence-electron chi connectivity index (χ2n) is 3.01. The number of nitrogens with zero attached hydrogens (tertiary/aromatic N) is 1. The van der Waals surface area contributed by atoms with Crippen molar-refractivity contribution in [3.8, 4) is 0 Å². The fourth-order valence-electron chi connectivity index (χ4n) is 1.56. The molecule has 0 aliphatic rings. The summed E-state index contributed by atoms with van der Waals surface area (Å²) in [5.74, 6) is 0. The van der Waals surface area contributed by atoms with E-state index in [1.807, 2.05) is 24.3 Å². The van der Waals surface area contributed by atoms with Gasteiger partial charge >= 0.3 is 0 Å². The van der Waals surface area contributed by atoms with Crippen molar-refractivity contribution in [3.05, 3.63) is 40.9 Å². The highest BCUT2D eigenvalue weighted by molar-refractivity contribution is 7.25. The smallest absolute Gasteiger partial charge is 0.260 e. The van der Waals surface area contributed by atoms with Gasteiger partial charge in [0.2, 0.25) is 0 Å². The number of H-pyrrole nitrogens is 1. The van der Waals surface area contributed by atoms with E-state index in [9.17, 15) is 4.79 Å². The van der Waals surface area contributed by atoms with E-state index in [-0.39, 0.29) is 5.56 Å². The summed E-state index contributed by atoms with van der Waals surface area (Å²) < 4.78 is 1.10. The van der Waals surface area contributed by atoms with Gasteiger partial charge in [-0.05, 0) is 6.07 Å². The lowest BCUT2D eigenvalue weighted by Crippen LogP contribution is -2.04. The lowest BCUT2D eigenvalue weighted by molar-refractivity contribution is 1.18. The summed E-state index contributed by atoms with van der Waals surface area (Å²) >= 11 is 1.54. The first-order valence-corrected chi connectivity index (χ1v) is 5.03. The Balaban J connectivity index is 2.73. The van der Waals surface area contributed by atoms with Gasteiger partial charge < -0.3 is 4.98 Å². The summed E-state index contributed by atoms with van der Waals surface area (Å²) in [6.45, 7) is 0. The fourth-order valence-corrected chi connectivity index (χ4v) is 2.61. The van der Waals surface area contributed by atoms with E-state index in [1.165, 1.54) is 6.33 Å². The number of benzene rings is 1. The molecule has 0 amide bonds. The maximum atomic E-state index is 11.6. The zero-order chi connectivity index (χ0) is 9.54. The minimum absolute atomic E-state index is 0.0625. The molecule has 68 valence electrons. The second-order valence-corrected chi connectivity index (χ2v) is 4.04. The van der Waals surface area contributed by atoms with Crippen LogP contribution in [0.2, 0.25) is 0 Å². The standard InChI is InChI=1S/C10H6N2OS/c13-9-8-6-3-1-2-4-7(6)14-10(8)12-5-11-9/h1-5H,(H,11,12,13). The van der Waals surface area contributed by atoms with E-state index in [4.69, 9.17) is 0 Å². The molecule has 4 heteroatoms. The average Bonchev–Trinajstić information content (AvgIpc) is 2.57. The number of nitrogens with one attached hydrogen (secondary N) is 1. The molecule has 0 saturated carbocycles. The largest absolute Gasteiger partial charge is 0.313 e. The van der Waals surface area contributed by atoms with Crippen LogP contribution in [0.15, 0.2) is 35.4 Å². The highest BCUT2D eigenvalue weighted by Gasteiger charge is 2.07. The minimum Gasteiger partial charge on any atom is -0.313 e. The van der Waals surface area contributed by atoms with Crippen LogP contribution in [0.25, 0.3) is 20.3 Å². The molecule has 1 N–H and O–H groups in total. The Morgan fingerprint density at radius 3 is 3.07 bits per heavy atom. The van der Waals surface area contributed by atoms with E-state index in [2.05, 4.69) is 9.97 Å². The van der Waals surface area contributed by atoms with Crippen molar-refractivity contribution in [1.29, 1.82) is 0 Å². The Labute approximate surface area is 83.0 Å². The van der Waals surface area contributed by atoms with Crippen LogP contribution in [-0.4, -0.2) is 9.97 Å². The first-order valence-electron chi connectivity index (χ1n) is 4.21. The summed E-state index contributed by atoms with van der Waals surface area (Å²) in [7, 11) is 0. The van der Waals surface area contributed by atoms with Crippen LogP contribution in [0.4, 0.5) is 0 Å². The molecule has 0 spiro atoms. The third kappa shape index (κ3) is 0.914. The SMILES string of the molecule is O=c1[nH]cnc2sc3ccccc3c12. The van der Waals surface area contributed by atoms with Crippen LogP contribution < -0.4 is 5.56 Å². The molecule has 1 aromatic carbocycles. The average molecular weight is 202 g/mol. The van der Waals surface area contributed by atoms with Crippen LogP contribution >= 0.6 is 11.3 Å². The van der Waals surface area contributed by atoms with Crippen molar-refractivity contribution >= 4 is 31.6 Å². The maximum Gasteiger partial charge on any atom is 0.260 e. The van der Waals surface area contributed by atoms with Gasteiger partial charge in [-0.1, -0.05) is 18.2 Å². The molecule has 2 aromatic heterocycles. The van der Waals surface area contributed by atoms with Crippen molar-refractivity contribution in [2.75, 3.05) is 0 Å². The topological polar surface area (TPSA) is 45.8 Å². The molecule has 3 nitrogen and oxygen atoms in total. The van der Waals surface area contributed by atoms with E-state index < -0.39 is 0 Å². The van der Waals surface area contributed by atoms with Crippen LogP contribution in [0.5, 0.6) is 0 Å². The molecule has 14 heavy (non-hydrogen) atoms. The lowest BCUT2D eigenvalue weighted by atomic mass is 10.2. The molecule has 0 aliphatic heterocycles. The molecular weight excluding hydrogens is 196 g/mol. The molecule has 0 bridgehead atoms. The van der Waals surface area contributed by atoms with E-state index >= 15 is 0 Å². The predicted octanol–water partition coefficient (Wildman–Crippen LogP) is 2.14. The third-order valence-electron chi connectivity index (χ3n) is 2.18. The van der Waals surface area contributed by atoms with Gasteiger partial charge in [-0.25, -0.2) is 4.98 Å². The Hall–Kier alpha value is -1.68. The first kappa shape index (κ1) is 7.70. The summed E-state index contributed by atoms with van der Waals surface area (Å²) in [5.41, 5.74) is -0.0625. The Bertz CT molecular complexity index is 668. The van der Waals surface area contributed by atoms with Gasteiger partial charge in [0.1, 0.15) is 4.83 Å². The Morgan fingerprint density at radius 1 is 1.29 bits per heavy atom. The van der Waals surface area contributed by atoms with Gasteiger partial charge in [0, 0.05) is 10.1 Å². The van der Waals surface area contributed by atoms with Gasteiger partial charge in [0.25, 0.3) is 5.56 Å². The molecule has 2 heterocycles. The monoisotopic (exact) mass is 202 g/mol. The molecule has 0 saturated heterocycles. The molecule has 3 aromatic rings. The fraction of sp³-hybridized carbons (Fsp3) is 0. The molecule has 3 rings (SSSR count). The zero-order valence-electron chi connectivity index (χ0n) is 7.15. The number of aromatic nitrogens is 2. The highest BCUT2D eigenvalue weighted by Crippen LogP contribution is 2.29. The van der Waals surface area contributed by atoms with Gasteiger partial charge in [-0.15, -0.1) is 11.3 Å². The zero-order valence-corrected chi connectivity index (χ0v) is 7.97. The third-order valence-corrected chi connectivity index (χ3v) is 3.26. The summed E-state index contributed by atoms with van der Waals surface area (Å²) in [6, 6.07) is 7.85. The molecule has 0 aliphatic carbocycles. The normalized spacial score (nSPS) is 11.1. The maximum absolute atomic E-state index is 11.6. The number of hydrogen-bond donors (Lipinski definition) is 1. The summed E-state index contributed by atoms with van der Waals surface area (Å²) in [5, 5.41) is 1.69. The predicted molar refractivity (Wildman–Crippen MR) is 57.7 cm³/mol. The van der Waals surface area contributed by atoms with Crippen molar-refractivity contribution in [3.63, 3.8) is 0 Å². The molecule has 0 fully saturated rings. The van der Waals surface area contributed by atoms with Crippen molar-refractivity contribution in [2.45, 2.75) is 0 Å². The van der Waals surface area contributed by atoms with Gasteiger partial charge in [-0.2, -0.15) is 0 Å². The van der Waals surface area contributed by atoms with Crippen molar-refractivity contribution in [1.82, 2.24) is 9.97 Å². The van der Waals surface area contributed by atoms with E-state index in [0.29, 0.717) is 5.39 Å². The number of thiophene rings is 1. The van der Waals surface area contributed by atoms with Gasteiger partial charge in [0.05, 0.1) is 11.7 Å². The number of aromatic amines is 1. The number of hydrogen-bond acceptors (Lipinski definition) is 3. The highest BCUT2D eigenvalue weighted by atomic mass is 32.1. The first-order chi connectivity index (χ1) is 6.86. The molecular formula is C10H6N2OS. The van der Waals surface area contributed by atoms with Gasteiger partial charge in [-0.3, -0.25) is 4.79 Å². The van der Waals surface area contributed by atoms with Crippen LogP contribution in [-0.2, 0) is 0 Å². The van der Waals surface area contributed by atoms with E-state index in [0.717, 1.165) is 14.9 Å². The van der Waals surface area contributed by atoms with Crippen molar-refractivity contribution in [2.24, 2.45) is 0 Å². The van der Waals surface area contributed by atoms with Crippen molar-refractivity contribution < 1.29 is 0 Å². The number of rotatable bonds is 0. The Kier molecular flexibility index (Phi) is 1.46. The summed E-state index contributed by atoms with van der Waals surface area (Å²) in [6.07, 6.45) is 1.44. The minimum atomic E-state index is -0.0625. The second kappa shape index (κ2) is 2.65. The van der Waals surface area contributed by atoms with Crippen LogP contribution in [0.1, 0.15) is 0 Å². The Morgan fingerprint density at radius 2 is 2.14 bits per heavy atom. The lowest BCUT2D eigenvalue weighted by Gasteiger charge is -1.87. The molecule has 0 radical (unpaired) electrons. The number of fused-ring (bicyclic) bond motifs is 3. The van der Waals surface area contributed by atoms with E-state index in [1.54, 1.807) is 11.3 Å². The van der Waals surface area contributed by atoms with Gasteiger partial charge in [0.15, 0.2) is 0 Å². The van der Waals surface area contributed by atoms with Crippen LogP contribution in [0.3, 0.4) is 0 Å².